The number of hydrogen-bond donors (Lipinski definition) is 4. The summed E-state index contributed by atoms with van der Waals surface area (Å²) in [7, 11) is 0. The molecule has 12 heteroatoms. The van der Waals surface area contributed by atoms with Crippen LogP contribution in [0.25, 0.3) is 0 Å². The summed E-state index contributed by atoms with van der Waals surface area (Å²) in [5.41, 5.74) is 0. The van der Waals surface area contributed by atoms with Crippen molar-refractivity contribution in [3.63, 3.8) is 0 Å². The number of aliphatic hydroxyl groups excluding tert-OH is 2. The molecule has 4 atom stereocenters. The molecule has 0 heterocycles. The Bertz CT molecular complexity index is 331. The molecular weight excluding hydrogens is 328 g/mol. The van der Waals surface area contributed by atoms with Gasteiger partial charge in [-0.3, -0.25) is 0 Å². The highest BCUT2D eigenvalue weighted by atomic mass is 16.9. The monoisotopic (exact) mass is 354 g/mol. The Kier molecular flexibility index (Phi) is 11.7. The van der Waals surface area contributed by atoms with Gasteiger partial charge in [-0.1, -0.05) is 0 Å². The molecule has 0 radical (unpaired) electrons. The number of hydrogen-bond acceptors (Lipinski definition) is 8. The minimum absolute atomic E-state index is 0.0860. The molecule has 142 valence electrons. The van der Waals surface area contributed by atoms with Gasteiger partial charge in [0.25, 0.3) is 0 Å². The number of aliphatic hydroxyl groups is 2. The normalized spacial score (nSPS) is 28.2. The first-order valence-electron chi connectivity index (χ1n) is 7.89. The van der Waals surface area contributed by atoms with Crippen molar-refractivity contribution in [2.24, 2.45) is 0 Å². The molecule has 2 aliphatic rings. The lowest BCUT2D eigenvalue weighted by molar-refractivity contribution is -0.758. The molecule has 0 aliphatic heterocycles. The smallest absolute Gasteiger partial charge is 0.126 e. The molecule has 0 amide bonds. The minimum atomic E-state index is -1.75. The van der Waals surface area contributed by atoms with Crippen molar-refractivity contribution in [2.75, 3.05) is 13.1 Å². The van der Waals surface area contributed by atoms with E-state index >= 15 is 0 Å². The molecular formula is C12H26N4O8. The first-order chi connectivity index (χ1) is 11.2. The van der Waals surface area contributed by atoms with E-state index in [1.807, 2.05) is 0 Å². The summed E-state index contributed by atoms with van der Waals surface area (Å²) in [6.07, 6.45) is 6.45. The van der Waals surface area contributed by atoms with Crippen molar-refractivity contribution in [1.82, 2.24) is 0 Å². The first kappa shape index (κ1) is 22.2. The second-order valence-electron chi connectivity index (χ2n) is 5.82. The van der Waals surface area contributed by atoms with Crippen LogP contribution in [-0.4, -0.2) is 57.8 Å². The van der Waals surface area contributed by atoms with E-state index in [1.54, 1.807) is 0 Å². The zero-order valence-corrected chi connectivity index (χ0v) is 13.4. The molecule has 2 aliphatic carbocycles. The van der Waals surface area contributed by atoms with Gasteiger partial charge in [0, 0.05) is 12.8 Å². The van der Waals surface area contributed by atoms with E-state index in [9.17, 15) is 10.2 Å². The second-order valence-corrected chi connectivity index (χ2v) is 5.82. The summed E-state index contributed by atoms with van der Waals surface area (Å²) in [6, 6.07) is 0.865. The molecule has 2 saturated carbocycles. The van der Waals surface area contributed by atoms with Gasteiger partial charge in [-0.15, -0.1) is 0 Å². The first-order valence-corrected chi connectivity index (χ1v) is 7.89. The fourth-order valence-corrected chi connectivity index (χ4v) is 3.11. The van der Waals surface area contributed by atoms with Crippen molar-refractivity contribution in [1.29, 1.82) is 0 Å². The van der Waals surface area contributed by atoms with Gasteiger partial charge in [-0.25, -0.2) is 0 Å². The van der Waals surface area contributed by atoms with E-state index in [2.05, 4.69) is 10.6 Å². The quantitative estimate of drug-likeness (QED) is 0.234. The van der Waals surface area contributed by atoms with Gasteiger partial charge < -0.3 is 51.5 Å². The average molecular weight is 354 g/mol. The Hall–Kier alpha value is -1.76. The van der Waals surface area contributed by atoms with Crippen molar-refractivity contribution < 1.29 is 31.0 Å². The third-order valence-electron chi connectivity index (χ3n) is 4.17. The fraction of sp³-hybridized carbons (Fsp3) is 1.00. The highest BCUT2D eigenvalue weighted by Gasteiger charge is 2.29. The van der Waals surface area contributed by atoms with E-state index in [0.717, 1.165) is 38.8 Å². The lowest BCUT2D eigenvalue weighted by Gasteiger charge is -2.15. The van der Waals surface area contributed by atoms with Gasteiger partial charge in [0.2, 0.25) is 0 Å². The molecule has 2 rings (SSSR count). The third-order valence-corrected chi connectivity index (χ3v) is 4.17. The molecule has 2 fully saturated rings. The summed E-state index contributed by atoms with van der Waals surface area (Å²) >= 11 is 0. The highest BCUT2D eigenvalue weighted by Crippen LogP contribution is 2.16. The van der Waals surface area contributed by atoms with E-state index in [0.29, 0.717) is 12.1 Å². The molecule has 0 aromatic rings. The Morgan fingerprint density at radius 2 is 1.04 bits per heavy atom. The summed E-state index contributed by atoms with van der Waals surface area (Å²) < 4.78 is 0. The van der Waals surface area contributed by atoms with Gasteiger partial charge >= 0.3 is 0 Å². The van der Waals surface area contributed by atoms with Crippen molar-refractivity contribution in [3.8, 4) is 0 Å². The summed E-state index contributed by atoms with van der Waals surface area (Å²) in [6.45, 7) is 2.12. The maximum Gasteiger partial charge on any atom is 0.126 e. The molecule has 0 bridgehead atoms. The van der Waals surface area contributed by atoms with Crippen LogP contribution in [-0.2, 0) is 0 Å². The fourth-order valence-electron chi connectivity index (χ4n) is 3.11. The van der Waals surface area contributed by atoms with Crippen molar-refractivity contribution in [2.45, 2.75) is 62.8 Å². The average Bonchev–Trinajstić information content (AvgIpc) is 3.03. The van der Waals surface area contributed by atoms with Crippen LogP contribution in [0, 0.1) is 30.6 Å². The largest absolute Gasteiger partial charge is 0.387 e. The molecule has 0 saturated heterocycles. The Morgan fingerprint density at radius 3 is 1.25 bits per heavy atom. The van der Waals surface area contributed by atoms with Crippen molar-refractivity contribution >= 4 is 0 Å². The van der Waals surface area contributed by atoms with Crippen LogP contribution in [0.3, 0.4) is 0 Å². The topological polar surface area (TPSA) is 206 Å². The van der Waals surface area contributed by atoms with E-state index < -0.39 is 10.2 Å². The van der Waals surface area contributed by atoms with Crippen molar-refractivity contribution in [3.05, 3.63) is 30.6 Å². The number of nitrogens with zero attached hydrogens (tertiary/aromatic N) is 2. The Morgan fingerprint density at radius 1 is 0.750 bits per heavy atom. The third kappa shape index (κ3) is 11.8. The van der Waals surface area contributed by atoms with E-state index in [4.69, 9.17) is 30.6 Å². The van der Waals surface area contributed by atoms with E-state index in [1.165, 1.54) is 12.8 Å². The highest BCUT2D eigenvalue weighted by molar-refractivity contribution is 4.75. The van der Waals surface area contributed by atoms with Crippen LogP contribution in [0.5, 0.6) is 0 Å². The zero-order valence-electron chi connectivity index (χ0n) is 13.4. The van der Waals surface area contributed by atoms with Crippen LogP contribution in [0.1, 0.15) is 38.5 Å². The molecule has 12 nitrogen and oxygen atoms in total. The minimum Gasteiger partial charge on any atom is -0.387 e. The maximum absolute atomic E-state index is 9.66. The molecule has 0 aromatic carbocycles. The van der Waals surface area contributed by atoms with Crippen LogP contribution < -0.4 is 10.6 Å². The molecule has 24 heavy (non-hydrogen) atoms. The SMILES string of the molecule is O=[N+]([O-])[O-].O=[N+]([O-])[O-].O[C@@H]1CCC[C@H]1[NH2+]CC[NH2+][C@H]1CCC[C@@H]1O. The molecule has 0 aromatic heterocycles. The van der Waals surface area contributed by atoms with Gasteiger partial charge in [-0.2, -0.15) is 0 Å². The number of rotatable bonds is 5. The van der Waals surface area contributed by atoms with Gasteiger partial charge in [0.1, 0.15) is 37.4 Å². The maximum atomic E-state index is 9.66. The number of nitrogens with two attached hydrogens (primary N) is 2. The Labute approximate surface area is 138 Å². The summed E-state index contributed by atoms with van der Waals surface area (Å²) in [4.78, 5) is 16.5. The molecule has 6 N–H and O–H groups in total. The second kappa shape index (κ2) is 12.6. The molecule has 0 spiro atoms. The predicted molar refractivity (Wildman–Crippen MR) is 81.6 cm³/mol. The predicted octanol–water partition coefficient (Wildman–Crippen LogP) is -2.54. The number of quaternary nitrogens is 2. The van der Waals surface area contributed by atoms with Gasteiger partial charge in [-0.05, 0) is 25.7 Å². The van der Waals surface area contributed by atoms with Gasteiger partial charge in [0.05, 0.1) is 10.2 Å². The van der Waals surface area contributed by atoms with Crippen LogP contribution in [0.15, 0.2) is 0 Å². The zero-order chi connectivity index (χ0) is 18.5. The lowest BCUT2D eigenvalue weighted by atomic mass is 10.2. The summed E-state index contributed by atoms with van der Waals surface area (Å²) in [5, 5.41) is 53.4. The van der Waals surface area contributed by atoms with Crippen LogP contribution in [0.2, 0.25) is 0 Å². The van der Waals surface area contributed by atoms with Gasteiger partial charge in [0.15, 0.2) is 0 Å². The molecule has 0 unspecified atom stereocenters. The standard InChI is InChI=1S/C12H24N2O2.2NO3/c15-11-5-1-3-9(11)13-7-8-14-10-4-2-6-12(10)16;2*2-1(3)4/h9-16H,1-8H2;;/q;2*-1/p+2/t9-,10+,11-,12+;;. The lowest BCUT2D eigenvalue weighted by Crippen LogP contribution is -3.00. The van der Waals surface area contributed by atoms with E-state index in [-0.39, 0.29) is 12.2 Å². The van der Waals surface area contributed by atoms with Crippen LogP contribution in [0.4, 0.5) is 0 Å². The summed E-state index contributed by atoms with van der Waals surface area (Å²) in [5.74, 6) is 0. The van der Waals surface area contributed by atoms with Crippen LogP contribution >= 0.6 is 0 Å². The Balaban J connectivity index is 0.000000558.